The molecule has 2 aromatic heterocycles. The minimum Gasteiger partial charge on any atom is -0.469 e. The van der Waals surface area contributed by atoms with Crippen LogP contribution in [-0.4, -0.2) is 32.8 Å². The summed E-state index contributed by atoms with van der Waals surface area (Å²) in [6, 6.07) is 1.76. The fraction of sp³-hybridized carbons (Fsp3) is 0.429. The van der Waals surface area contributed by atoms with Crippen LogP contribution in [0.25, 0.3) is 5.95 Å². The minimum atomic E-state index is -0.215. The Hall–Kier alpha value is -2.24. The van der Waals surface area contributed by atoms with E-state index in [0.29, 0.717) is 12.4 Å². The van der Waals surface area contributed by atoms with Crippen LogP contribution in [0.1, 0.15) is 23.9 Å². The van der Waals surface area contributed by atoms with E-state index < -0.39 is 0 Å². The molecular weight excluding hydrogens is 256 g/mol. The Kier molecular flexibility index (Phi) is 4.12. The predicted octanol–water partition coefficient (Wildman–Crippen LogP) is 1.63. The van der Waals surface area contributed by atoms with Gasteiger partial charge in [-0.15, -0.1) is 0 Å². The summed E-state index contributed by atoms with van der Waals surface area (Å²) in [4.78, 5) is 19.9. The molecule has 0 amide bonds. The Morgan fingerprint density at radius 3 is 2.60 bits per heavy atom. The van der Waals surface area contributed by atoms with Crippen LogP contribution in [0.15, 0.2) is 18.5 Å². The lowest BCUT2D eigenvalue weighted by molar-refractivity contribution is -0.144. The Labute approximate surface area is 117 Å². The monoisotopic (exact) mass is 274 g/mol. The summed E-state index contributed by atoms with van der Waals surface area (Å²) in [5.41, 5.74) is 2.87. The number of carbonyl (C=O) groups excluding carboxylic acids is 1. The van der Waals surface area contributed by atoms with Crippen LogP contribution in [0, 0.1) is 19.8 Å². The average molecular weight is 274 g/mol. The quantitative estimate of drug-likeness (QED) is 0.792. The molecule has 20 heavy (non-hydrogen) atoms. The Balaban J connectivity index is 2.33. The van der Waals surface area contributed by atoms with E-state index in [1.807, 2.05) is 20.8 Å². The molecule has 0 N–H and O–H groups in total. The van der Waals surface area contributed by atoms with Gasteiger partial charge in [0.25, 0.3) is 5.95 Å². The summed E-state index contributed by atoms with van der Waals surface area (Å²) >= 11 is 0. The third-order valence-corrected chi connectivity index (χ3v) is 3.30. The molecular formula is C14H18N4O2. The maximum atomic E-state index is 11.5. The number of carbonyl (C=O) groups is 1. The van der Waals surface area contributed by atoms with Crippen molar-refractivity contribution in [2.45, 2.75) is 27.2 Å². The highest BCUT2D eigenvalue weighted by Gasteiger charge is 2.20. The standard InChI is InChI=1S/C14H18N4O2/c1-9(13(19)20-4)8-12-10(2)17-18(11(12)3)14-15-6-5-7-16-14/h5-7,9H,8H2,1-4H3. The maximum absolute atomic E-state index is 11.5. The molecule has 0 radical (unpaired) electrons. The van der Waals surface area contributed by atoms with Crippen molar-refractivity contribution in [1.82, 2.24) is 19.7 Å². The smallest absolute Gasteiger partial charge is 0.308 e. The number of ether oxygens (including phenoxy) is 1. The first-order valence-corrected chi connectivity index (χ1v) is 6.45. The summed E-state index contributed by atoms with van der Waals surface area (Å²) < 4.78 is 6.47. The SMILES string of the molecule is COC(=O)C(C)Cc1c(C)nn(-c2ncccn2)c1C. The molecule has 6 nitrogen and oxygen atoms in total. The van der Waals surface area contributed by atoms with Gasteiger partial charge in [-0.2, -0.15) is 5.10 Å². The number of esters is 1. The van der Waals surface area contributed by atoms with Gasteiger partial charge >= 0.3 is 5.97 Å². The lowest BCUT2D eigenvalue weighted by Crippen LogP contribution is -2.16. The molecule has 1 atom stereocenters. The molecule has 0 saturated heterocycles. The predicted molar refractivity (Wildman–Crippen MR) is 73.5 cm³/mol. The molecule has 0 aliphatic rings. The first kappa shape index (κ1) is 14.2. The van der Waals surface area contributed by atoms with Crippen molar-refractivity contribution < 1.29 is 9.53 Å². The first-order chi connectivity index (χ1) is 9.54. The highest BCUT2D eigenvalue weighted by Crippen LogP contribution is 2.19. The lowest BCUT2D eigenvalue weighted by atomic mass is 10.00. The van der Waals surface area contributed by atoms with Crippen LogP contribution >= 0.6 is 0 Å². The van der Waals surface area contributed by atoms with Gasteiger partial charge in [0.1, 0.15) is 0 Å². The molecule has 0 aliphatic carbocycles. The van der Waals surface area contributed by atoms with Gasteiger partial charge in [0.15, 0.2) is 0 Å². The molecule has 0 fully saturated rings. The maximum Gasteiger partial charge on any atom is 0.308 e. The van der Waals surface area contributed by atoms with Crippen molar-refractivity contribution in [2.75, 3.05) is 7.11 Å². The van der Waals surface area contributed by atoms with E-state index in [-0.39, 0.29) is 11.9 Å². The highest BCUT2D eigenvalue weighted by molar-refractivity contribution is 5.72. The molecule has 0 aromatic carbocycles. The Morgan fingerprint density at radius 2 is 2.00 bits per heavy atom. The second kappa shape index (κ2) is 5.81. The van der Waals surface area contributed by atoms with Crippen LogP contribution < -0.4 is 0 Å². The van der Waals surface area contributed by atoms with Gasteiger partial charge in [-0.25, -0.2) is 14.6 Å². The second-order valence-corrected chi connectivity index (χ2v) is 4.74. The van der Waals surface area contributed by atoms with Crippen LogP contribution in [0.5, 0.6) is 0 Å². The van der Waals surface area contributed by atoms with Crippen molar-refractivity contribution in [2.24, 2.45) is 5.92 Å². The van der Waals surface area contributed by atoms with E-state index in [1.165, 1.54) is 7.11 Å². The van der Waals surface area contributed by atoms with E-state index in [9.17, 15) is 4.79 Å². The molecule has 2 aromatic rings. The molecule has 2 rings (SSSR count). The number of methoxy groups -OCH3 is 1. The average Bonchev–Trinajstić information content (AvgIpc) is 2.75. The molecule has 0 aliphatic heterocycles. The van der Waals surface area contributed by atoms with Crippen molar-refractivity contribution in [3.8, 4) is 5.95 Å². The molecule has 106 valence electrons. The highest BCUT2D eigenvalue weighted by atomic mass is 16.5. The minimum absolute atomic E-state index is 0.202. The number of hydrogen-bond acceptors (Lipinski definition) is 5. The molecule has 6 heteroatoms. The third-order valence-electron chi connectivity index (χ3n) is 3.30. The van der Waals surface area contributed by atoms with Crippen molar-refractivity contribution in [3.05, 3.63) is 35.4 Å². The Bertz CT molecular complexity index is 607. The van der Waals surface area contributed by atoms with E-state index in [2.05, 4.69) is 15.1 Å². The fourth-order valence-corrected chi connectivity index (χ4v) is 2.16. The zero-order chi connectivity index (χ0) is 14.7. The summed E-state index contributed by atoms with van der Waals surface area (Å²) in [6.45, 7) is 5.72. The molecule has 1 unspecified atom stereocenters. The molecule has 0 saturated carbocycles. The summed E-state index contributed by atoms with van der Waals surface area (Å²) in [6.07, 6.45) is 3.95. The second-order valence-electron chi connectivity index (χ2n) is 4.74. The van der Waals surface area contributed by atoms with Gasteiger partial charge in [0, 0.05) is 18.1 Å². The van der Waals surface area contributed by atoms with Crippen LogP contribution in [0.4, 0.5) is 0 Å². The number of aryl methyl sites for hydroxylation is 1. The lowest BCUT2D eigenvalue weighted by Gasteiger charge is -2.09. The van der Waals surface area contributed by atoms with Crippen LogP contribution in [-0.2, 0) is 16.0 Å². The largest absolute Gasteiger partial charge is 0.469 e. The Morgan fingerprint density at radius 1 is 1.35 bits per heavy atom. The van der Waals surface area contributed by atoms with E-state index in [0.717, 1.165) is 17.0 Å². The van der Waals surface area contributed by atoms with Gasteiger partial charge < -0.3 is 4.74 Å². The van der Waals surface area contributed by atoms with Crippen molar-refractivity contribution in [1.29, 1.82) is 0 Å². The van der Waals surface area contributed by atoms with E-state index in [4.69, 9.17) is 4.74 Å². The number of rotatable bonds is 4. The van der Waals surface area contributed by atoms with E-state index >= 15 is 0 Å². The summed E-state index contributed by atoms with van der Waals surface area (Å²) in [5, 5.41) is 4.46. The number of nitrogens with zero attached hydrogens (tertiary/aromatic N) is 4. The van der Waals surface area contributed by atoms with Gasteiger partial charge in [-0.1, -0.05) is 6.92 Å². The first-order valence-electron chi connectivity index (χ1n) is 6.45. The van der Waals surface area contributed by atoms with Crippen LogP contribution in [0.2, 0.25) is 0 Å². The summed E-state index contributed by atoms with van der Waals surface area (Å²) in [7, 11) is 1.40. The zero-order valence-electron chi connectivity index (χ0n) is 12.1. The topological polar surface area (TPSA) is 69.9 Å². The van der Waals surface area contributed by atoms with Gasteiger partial charge in [-0.3, -0.25) is 4.79 Å². The third kappa shape index (κ3) is 2.68. The molecule has 2 heterocycles. The number of aromatic nitrogens is 4. The summed E-state index contributed by atoms with van der Waals surface area (Å²) in [5.74, 6) is 0.115. The normalized spacial score (nSPS) is 12.2. The fourth-order valence-electron chi connectivity index (χ4n) is 2.16. The van der Waals surface area contributed by atoms with Gasteiger partial charge in [0.05, 0.1) is 18.7 Å². The van der Waals surface area contributed by atoms with Crippen molar-refractivity contribution in [3.63, 3.8) is 0 Å². The van der Waals surface area contributed by atoms with Crippen LogP contribution in [0.3, 0.4) is 0 Å². The van der Waals surface area contributed by atoms with E-state index in [1.54, 1.807) is 23.1 Å². The van der Waals surface area contributed by atoms with Gasteiger partial charge in [-0.05, 0) is 31.9 Å². The van der Waals surface area contributed by atoms with Gasteiger partial charge in [0.2, 0.25) is 0 Å². The van der Waals surface area contributed by atoms with Crippen molar-refractivity contribution >= 4 is 5.97 Å². The molecule has 0 bridgehead atoms. The number of hydrogen-bond donors (Lipinski definition) is 0. The molecule has 0 spiro atoms. The zero-order valence-corrected chi connectivity index (χ0v) is 12.1.